The van der Waals surface area contributed by atoms with Crippen LogP contribution in [0.15, 0.2) is 42.0 Å². The molecule has 1 N–H and O–H groups in total. The van der Waals surface area contributed by atoms with Crippen LogP contribution in [0, 0.1) is 13.8 Å². The predicted octanol–water partition coefficient (Wildman–Crippen LogP) is 2.78. The minimum Gasteiger partial charge on any atom is -0.493 e. The highest BCUT2D eigenvalue weighted by Crippen LogP contribution is 2.29. The fourth-order valence-electron chi connectivity index (χ4n) is 2.71. The second kappa shape index (κ2) is 6.92. The Bertz CT molecular complexity index is 918. The zero-order valence-electron chi connectivity index (χ0n) is 15.1. The monoisotopic (exact) mass is 352 g/mol. The lowest BCUT2D eigenvalue weighted by molar-refractivity contribution is -0.117. The number of rotatable bonds is 4. The first-order valence-electron chi connectivity index (χ1n) is 8.11. The third kappa shape index (κ3) is 3.13. The van der Waals surface area contributed by atoms with Gasteiger partial charge in [0, 0.05) is 0 Å². The Morgan fingerprint density at radius 3 is 2.31 bits per heavy atom. The minimum atomic E-state index is -0.442. The Balaban J connectivity index is 1.94. The number of anilines is 1. The molecule has 0 radical (unpaired) electrons. The maximum absolute atomic E-state index is 12.7. The zero-order valence-corrected chi connectivity index (χ0v) is 15.1. The highest BCUT2D eigenvalue weighted by molar-refractivity contribution is 6.31. The molecule has 0 aromatic heterocycles. The molecule has 0 saturated carbocycles. The first-order chi connectivity index (χ1) is 12.4. The van der Waals surface area contributed by atoms with E-state index in [1.165, 1.54) is 12.1 Å². The SMILES string of the molecule is COc1ccc(/C=C2/C(=O)NN(c3ccc(C)c(C)c3)C2=O)cc1OC. The van der Waals surface area contributed by atoms with Gasteiger partial charge in [-0.1, -0.05) is 12.1 Å². The van der Waals surface area contributed by atoms with Gasteiger partial charge in [-0.25, -0.2) is 5.01 Å². The summed E-state index contributed by atoms with van der Waals surface area (Å²) in [5.74, 6) is 0.267. The average Bonchev–Trinajstić information content (AvgIpc) is 2.92. The zero-order chi connectivity index (χ0) is 18.8. The van der Waals surface area contributed by atoms with Crippen LogP contribution in [0.25, 0.3) is 6.08 Å². The average molecular weight is 352 g/mol. The molecule has 2 aromatic carbocycles. The normalized spacial score (nSPS) is 15.4. The Hall–Kier alpha value is -3.28. The molecule has 1 heterocycles. The Labute approximate surface area is 152 Å². The maximum Gasteiger partial charge on any atom is 0.282 e. The summed E-state index contributed by atoms with van der Waals surface area (Å²) in [6.07, 6.45) is 1.54. The van der Waals surface area contributed by atoms with Crippen LogP contribution < -0.4 is 19.9 Å². The molecule has 0 spiro atoms. The number of hydrazine groups is 1. The smallest absolute Gasteiger partial charge is 0.282 e. The van der Waals surface area contributed by atoms with E-state index >= 15 is 0 Å². The summed E-state index contributed by atoms with van der Waals surface area (Å²) >= 11 is 0. The number of benzene rings is 2. The number of methoxy groups -OCH3 is 2. The fraction of sp³-hybridized carbons (Fsp3) is 0.200. The van der Waals surface area contributed by atoms with Crippen molar-refractivity contribution in [1.82, 2.24) is 5.43 Å². The van der Waals surface area contributed by atoms with Crippen LogP contribution in [0.3, 0.4) is 0 Å². The summed E-state index contributed by atoms with van der Waals surface area (Å²) in [5.41, 5.74) is 6.13. The lowest BCUT2D eigenvalue weighted by atomic mass is 10.1. The van der Waals surface area contributed by atoms with Crippen molar-refractivity contribution in [3.63, 3.8) is 0 Å². The molecule has 2 amide bonds. The quantitative estimate of drug-likeness (QED) is 0.679. The molecule has 6 nitrogen and oxygen atoms in total. The van der Waals surface area contributed by atoms with Crippen LogP contribution in [0.1, 0.15) is 16.7 Å². The van der Waals surface area contributed by atoms with Crippen molar-refractivity contribution in [3.05, 3.63) is 58.7 Å². The van der Waals surface area contributed by atoms with Crippen LogP contribution >= 0.6 is 0 Å². The second-order valence-electron chi connectivity index (χ2n) is 6.02. The van der Waals surface area contributed by atoms with E-state index in [0.29, 0.717) is 22.7 Å². The molecule has 1 aliphatic heterocycles. The number of carbonyl (C=O) groups excluding carboxylic acids is 2. The molecular formula is C20H20N2O4. The lowest BCUT2D eigenvalue weighted by Crippen LogP contribution is -2.35. The molecule has 0 aliphatic carbocycles. The van der Waals surface area contributed by atoms with Gasteiger partial charge in [-0.05, 0) is 60.9 Å². The van der Waals surface area contributed by atoms with Crippen LogP contribution in [0.4, 0.5) is 5.69 Å². The van der Waals surface area contributed by atoms with Crippen molar-refractivity contribution in [1.29, 1.82) is 0 Å². The van der Waals surface area contributed by atoms with Crippen molar-refractivity contribution < 1.29 is 19.1 Å². The highest BCUT2D eigenvalue weighted by Gasteiger charge is 2.34. The molecule has 2 aromatic rings. The number of hydrogen-bond donors (Lipinski definition) is 1. The van der Waals surface area contributed by atoms with E-state index in [9.17, 15) is 9.59 Å². The number of ether oxygens (including phenoxy) is 2. The van der Waals surface area contributed by atoms with Gasteiger partial charge < -0.3 is 9.47 Å². The second-order valence-corrected chi connectivity index (χ2v) is 6.02. The molecule has 1 saturated heterocycles. The van der Waals surface area contributed by atoms with Gasteiger partial charge in [0.15, 0.2) is 11.5 Å². The number of nitrogens with zero attached hydrogens (tertiary/aromatic N) is 1. The summed E-state index contributed by atoms with van der Waals surface area (Å²) in [5, 5.41) is 1.27. The van der Waals surface area contributed by atoms with Crippen molar-refractivity contribution in [2.45, 2.75) is 13.8 Å². The molecule has 1 aliphatic rings. The van der Waals surface area contributed by atoms with E-state index in [0.717, 1.165) is 11.1 Å². The number of hydrogen-bond acceptors (Lipinski definition) is 4. The van der Waals surface area contributed by atoms with Crippen molar-refractivity contribution in [2.24, 2.45) is 0 Å². The van der Waals surface area contributed by atoms with Gasteiger partial charge in [-0.15, -0.1) is 0 Å². The highest BCUT2D eigenvalue weighted by atomic mass is 16.5. The van der Waals surface area contributed by atoms with Gasteiger partial charge in [0.05, 0.1) is 19.9 Å². The maximum atomic E-state index is 12.7. The molecule has 0 unspecified atom stereocenters. The summed E-state index contributed by atoms with van der Waals surface area (Å²) in [6, 6.07) is 10.8. The number of amides is 2. The predicted molar refractivity (Wildman–Crippen MR) is 99.1 cm³/mol. The molecule has 0 atom stereocenters. The van der Waals surface area contributed by atoms with Crippen LogP contribution in [0.5, 0.6) is 11.5 Å². The largest absolute Gasteiger partial charge is 0.493 e. The standard InChI is InChI=1S/C20H20N2O4/c1-12-5-7-15(9-13(12)2)22-20(24)16(19(23)21-22)10-14-6-8-17(25-3)18(11-14)26-4/h5-11H,1-4H3,(H,21,23)/b16-10-. The van der Waals surface area contributed by atoms with Gasteiger partial charge in [-0.2, -0.15) is 0 Å². The fourth-order valence-corrected chi connectivity index (χ4v) is 2.71. The van der Waals surface area contributed by atoms with Gasteiger partial charge >= 0.3 is 0 Å². The molecular weight excluding hydrogens is 332 g/mol. The summed E-state index contributed by atoms with van der Waals surface area (Å²) in [7, 11) is 3.08. The first-order valence-corrected chi connectivity index (χ1v) is 8.11. The lowest BCUT2D eigenvalue weighted by Gasteiger charge is -2.16. The molecule has 0 bridgehead atoms. The molecule has 134 valence electrons. The summed E-state index contributed by atoms with van der Waals surface area (Å²) < 4.78 is 10.5. The van der Waals surface area contributed by atoms with E-state index in [1.807, 2.05) is 26.0 Å². The van der Waals surface area contributed by atoms with E-state index in [1.54, 1.807) is 37.5 Å². The Morgan fingerprint density at radius 2 is 1.65 bits per heavy atom. The molecule has 1 fully saturated rings. The third-order valence-electron chi connectivity index (χ3n) is 4.36. The van der Waals surface area contributed by atoms with E-state index in [2.05, 4.69) is 5.43 Å². The Morgan fingerprint density at radius 1 is 0.923 bits per heavy atom. The van der Waals surface area contributed by atoms with Gasteiger partial charge in [0.2, 0.25) is 0 Å². The van der Waals surface area contributed by atoms with Crippen molar-refractivity contribution in [3.8, 4) is 11.5 Å². The third-order valence-corrected chi connectivity index (χ3v) is 4.36. The molecule has 6 heteroatoms. The van der Waals surface area contributed by atoms with Gasteiger partial charge in [-0.3, -0.25) is 15.0 Å². The van der Waals surface area contributed by atoms with Crippen molar-refractivity contribution in [2.75, 3.05) is 19.2 Å². The topological polar surface area (TPSA) is 67.9 Å². The summed E-state index contributed by atoms with van der Waals surface area (Å²) in [6.45, 7) is 3.95. The van der Waals surface area contributed by atoms with Crippen LogP contribution in [-0.2, 0) is 9.59 Å². The van der Waals surface area contributed by atoms with E-state index in [4.69, 9.17) is 9.47 Å². The van der Waals surface area contributed by atoms with Gasteiger partial charge in [0.25, 0.3) is 11.8 Å². The van der Waals surface area contributed by atoms with E-state index < -0.39 is 11.8 Å². The van der Waals surface area contributed by atoms with Crippen LogP contribution in [0.2, 0.25) is 0 Å². The van der Waals surface area contributed by atoms with E-state index in [-0.39, 0.29) is 5.57 Å². The summed E-state index contributed by atoms with van der Waals surface area (Å²) in [4.78, 5) is 25.0. The first kappa shape index (κ1) is 17.5. The van der Waals surface area contributed by atoms with Crippen LogP contribution in [-0.4, -0.2) is 26.0 Å². The van der Waals surface area contributed by atoms with Gasteiger partial charge in [0.1, 0.15) is 5.57 Å². The number of aryl methyl sites for hydroxylation is 2. The number of carbonyl (C=O) groups is 2. The van der Waals surface area contributed by atoms with Crippen molar-refractivity contribution >= 4 is 23.6 Å². The Kier molecular flexibility index (Phi) is 4.67. The molecule has 26 heavy (non-hydrogen) atoms. The molecule has 3 rings (SSSR count). The minimum absolute atomic E-state index is 0.0652. The number of nitrogens with one attached hydrogen (secondary N) is 1.